The van der Waals surface area contributed by atoms with Crippen LogP contribution in [0.5, 0.6) is 0 Å². The topological polar surface area (TPSA) is 266 Å². The van der Waals surface area contributed by atoms with Gasteiger partial charge in [0.1, 0.15) is 0 Å². The highest BCUT2D eigenvalue weighted by Gasteiger charge is 2.27. The minimum atomic E-state index is -1.62. The number of anilines is 2. The third-order valence-electron chi connectivity index (χ3n) is 6.29. The second-order valence-electron chi connectivity index (χ2n) is 9.31. The highest BCUT2D eigenvalue weighted by Crippen LogP contribution is 2.23. The van der Waals surface area contributed by atoms with E-state index in [2.05, 4.69) is 21.3 Å². The summed E-state index contributed by atoms with van der Waals surface area (Å²) in [7, 11) is 0. The summed E-state index contributed by atoms with van der Waals surface area (Å²) in [5.74, 6) is -10.1. The second kappa shape index (κ2) is 14.3. The quantitative estimate of drug-likeness (QED) is 0.143. The van der Waals surface area contributed by atoms with E-state index in [9.17, 15) is 58.8 Å². The van der Waals surface area contributed by atoms with Gasteiger partial charge in [0, 0.05) is 24.5 Å². The molecule has 0 heterocycles. The van der Waals surface area contributed by atoms with Crippen molar-refractivity contribution in [3.05, 3.63) is 93.0 Å². The number of amides is 4. The number of hydrogen-bond acceptors (Lipinski definition) is 8. The molecule has 16 nitrogen and oxygen atoms in total. The van der Waals surface area contributed by atoms with Crippen LogP contribution in [-0.2, 0) is 0 Å². The number of benzene rings is 3. The summed E-state index contributed by atoms with van der Waals surface area (Å²) in [5, 5.41) is 47.8. The van der Waals surface area contributed by atoms with Gasteiger partial charge in [0.25, 0.3) is 23.6 Å². The van der Waals surface area contributed by atoms with E-state index in [1.54, 1.807) is 13.8 Å². The van der Waals surface area contributed by atoms with E-state index in [0.717, 1.165) is 12.1 Å². The van der Waals surface area contributed by atoms with Gasteiger partial charge in [0.05, 0.1) is 44.5 Å². The average Bonchev–Trinajstić information content (AvgIpc) is 3.00. The molecule has 0 aliphatic rings. The third-order valence-corrected chi connectivity index (χ3v) is 6.29. The number of rotatable bonds is 12. The van der Waals surface area contributed by atoms with Crippen LogP contribution in [0, 0.1) is 0 Å². The van der Waals surface area contributed by atoms with Gasteiger partial charge in [0.2, 0.25) is 0 Å². The minimum absolute atomic E-state index is 0.0803. The Kier molecular flexibility index (Phi) is 10.5. The zero-order valence-corrected chi connectivity index (χ0v) is 24.1. The minimum Gasteiger partial charge on any atom is -0.478 e. The Morgan fingerprint density at radius 1 is 0.435 bits per heavy atom. The van der Waals surface area contributed by atoms with E-state index < -0.39 is 92.0 Å². The van der Waals surface area contributed by atoms with Gasteiger partial charge in [-0.05, 0) is 62.4 Å². The molecule has 0 radical (unpaired) electrons. The van der Waals surface area contributed by atoms with Gasteiger partial charge in [-0.25, -0.2) is 19.2 Å². The Morgan fingerprint density at radius 2 is 0.674 bits per heavy atom. The van der Waals surface area contributed by atoms with Gasteiger partial charge in [-0.1, -0.05) is 0 Å². The van der Waals surface area contributed by atoms with Crippen LogP contribution in [0.25, 0.3) is 0 Å². The van der Waals surface area contributed by atoms with E-state index in [-0.39, 0.29) is 24.5 Å². The number of aromatic carboxylic acids is 4. The maximum absolute atomic E-state index is 13.1. The summed E-state index contributed by atoms with van der Waals surface area (Å²) in [6.45, 7) is 3.41. The van der Waals surface area contributed by atoms with Crippen LogP contribution in [-0.4, -0.2) is 81.0 Å². The maximum Gasteiger partial charge on any atom is 0.336 e. The molecule has 8 N–H and O–H groups in total. The fourth-order valence-electron chi connectivity index (χ4n) is 4.20. The molecule has 16 heteroatoms. The van der Waals surface area contributed by atoms with Crippen molar-refractivity contribution in [3.63, 3.8) is 0 Å². The molecule has 0 bridgehead atoms. The van der Waals surface area contributed by atoms with Crippen molar-refractivity contribution in [2.24, 2.45) is 0 Å². The molecule has 0 spiro atoms. The summed E-state index contributed by atoms with van der Waals surface area (Å²) in [6, 6.07) is 8.26. The molecule has 4 amide bonds. The molecule has 3 rings (SSSR count). The highest BCUT2D eigenvalue weighted by molar-refractivity contribution is 6.16. The Hall–Kier alpha value is -6.58. The number of carboxylic acid groups (broad SMARTS) is 4. The lowest BCUT2D eigenvalue weighted by Gasteiger charge is -2.14. The standard InChI is InChI=1S/C30H26N4O12/c1-3-31-23(35)15-9-17(21(29(43)44)11-19(15)27(39)40)25(37)33-13-5-7-14(8-6-13)34-26(38)18-10-16(24(36)32-4-2)20(28(41)42)12-22(18)30(45)46/h5-12H,3-4H2,1-2H3,(H,31,35)(H,32,36)(H,33,37)(H,34,38)(H,39,40)(H,41,42)(H,43,44)(H,45,46). The number of carbonyl (C=O) groups is 8. The summed E-state index contributed by atoms with van der Waals surface area (Å²) in [4.78, 5) is 98.0. The number of carboxylic acids is 4. The largest absolute Gasteiger partial charge is 0.478 e. The molecule has 3 aromatic carbocycles. The Morgan fingerprint density at radius 3 is 0.913 bits per heavy atom. The molecule has 0 saturated carbocycles. The zero-order valence-electron chi connectivity index (χ0n) is 24.1. The van der Waals surface area contributed by atoms with Gasteiger partial charge in [-0.2, -0.15) is 0 Å². The molecule has 0 aliphatic carbocycles. The van der Waals surface area contributed by atoms with E-state index in [4.69, 9.17) is 0 Å². The number of hydrogen-bond donors (Lipinski definition) is 8. The highest BCUT2D eigenvalue weighted by atomic mass is 16.4. The van der Waals surface area contributed by atoms with Crippen molar-refractivity contribution >= 4 is 58.9 Å². The van der Waals surface area contributed by atoms with Crippen LogP contribution >= 0.6 is 0 Å². The predicted octanol–water partition coefficient (Wildman–Crippen LogP) is 2.48. The van der Waals surface area contributed by atoms with E-state index in [1.807, 2.05) is 0 Å². The van der Waals surface area contributed by atoms with Crippen LogP contribution in [0.15, 0.2) is 48.5 Å². The zero-order chi connectivity index (χ0) is 34.3. The van der Waals surface area contributed by atoms with Gasteiger partial charge >= 0.3 is 23.9 Å². The maximum atomic E-state index is 13.1. The first-order valence-electron chi connectivity index (χ1n) is 13.3. The fourth-order valence-corrected chi connectivity index (χ4v) is 4.20. The van der Waals surface area contributed by atoms with Gasteiger partial charge in [0.15, 0.2) is 0 Å². The summed E-state index contributed by atoms with van der Waals surface area (Å²) >= 11 is 0. The molecule has 0 atom stereocenters. The van der Waals surface area contributed by atoms with Crippen LogP contribution < -0.4 is 21.3 Å². The second-order valence-corrected chi connectivity index (χ2v) is 9.31. The number of carbonyl (C=O) groups excluding carboxylic acids is 4. The molecule has 0 aromatic heterocycles. The average molecular weight is 635 g/mol. The fraction of sp³-hybridized carbons (Fsp3) is 0.133. The van der Waals surface area contributed by atoms with Crippen LogP contribution in [0.3, 0.4) is 0 Å². The summed E-state index contributed by atoms with van der Waals surface area (Å²) < 4.78 is 0. The SMILES string of the molecule is CCNC(=O)c1cc(C(=O)Nc2ccc(NC(=O)c3cc(C(=O)NCC)c(C(=O)O)cc3C(=O)O)cc2)c(C(=O)O)cc1C(=O)O. The van der Waals surface area contributed by atoms with Crippen molar-refractivity contribution in [1.82, 2.24) is 10.6 Å². The molecule has 0 aliphatic heterocycles. The van der Waals surface area contributed by atoms with Crippen molar-refractivity contribution in [2.45, 2.75) is 13.8 Å². The van der Waals surface area contributed by atoms with E-state index in [1.165, 1.54) is 24.3 Å². The molecule has 238 valence electrons. The van der Waals surface area contributed by atoms with Crippen molar-refractivity contribution in [1.29, 1.82) is 0 Å². The van der Waals surface area contributed by atoms with Gasteiger partial charge < -0.3 is 41.7 Å². The van der Waals surface area contributed by atoms with Crippen LogP contribution in [0.4, 0.5) is 11.4 Å². The first-order chi connectivity index (χ1) is 21.7. The summed E-state index contributed by atoms with van der Waals surface area (Å²) in [5.41, 5.74) is -4.33. The van der Waals surface area contributed by atoms with Crippen molar-refractivity contribution in [3.8, 4) is 0 Å². The Labute approximate surface area is 259 Å². The lowest BCUT2D eigenvalue weighted by atomic mass is 9.96. The normalized spacial score (nSPS) is 10.3. The lowest BCUT2D eigenvalue weighted by Crippen LogP contribution is -2.27. The van der Waals surface area contributed by atoms with Crippen molar-refractivity contribution < 1.29 is 58.8 Å². The third kappa shape index (κ3) is 7.49. The molecular formula is C30H26N4O12. The number of nitrogens with one attached hydrogen (secondary N) is 4. The Bertz CT molecular complexity index is 1670. The van der Waals surface area contributed by atoms with Crippen LogP contribution in [0.2, 0.25) is 0 Å². The smallest absolute Gasteiger partial charge is 0.336 e. The van der Waals surface area contributed by atoms with Gasteiger partial charge in [-0.15, -0.1) is 0 Å². The molecule has 46 heavy (non-hydrogen) atoms. The van der Waals surface area contributed by atoms with Crippen molar-refractivity contribution in [2.75, 3.05) is 23.7 Å². The van der Waals surface area contributed by atoms with E-state index >= 15 is 0 Å². The lowest BCUT2D eigenvalue weighted by molar-refractivity contribution is 0.0672. The first kappa shape index (κ1) is 33.9. The molecular weight excluding hydrogens is 608 g/mol. The molecule has 3 aromatic rings. The molecule has 0 unspecified atom stereocenters. The van der Waals surface area contributed by atoms with E-state index in [0.29, 0.717) is 12.1 Å². The van der Waals surface area contributed by atoms with Crippen LogP contribution in [0.1, 0.15) is 96.7 Å². The predicted molar refractivity (Wildman–Crippen MR) is 159 cm³/mol. The Balaban J connectivity index is 1.91. The molecule has 0 fully saturated rings. The van der Waals surface area contributed by atoms with Gasteiger partial charge in [-0.3, -0.25) is 19.2 Å². The molecule has 0 saturated heterocycles. The summed E-state index contributed by atoms with van der Waals surface area (Å²) in [6.07, 6.45) is 0. The first-order valence-corrected chi connectivity index (χ1v) is 13.3. The monoisotopic (exact) mass is 634 g/mol.